The van der Waals surface area contributed by atoms with Crippen molar-refractivity contribution in [3.8, 4) is 0 Å². The van der Waals surface area contributed by atoms with Crippen molar-refractivity contribution in [1.82, 2.24) is 20.3 Å². The summed E-state index contributed by atoms with van der Waals surface area (Å²) in [7, 11) is 0. The van der Waals surface area contributed by atoms with Gasteiger partial charge in [0.05, 0.1) is 16.7 Å². The molecule has 0 saturated heterocycles. The predicted octanol–water partition coefficient (Wildman–Crippen LogP) is 3.40. The lowest BCUT2D eigenvalue weighted by atomic mass is 9.98. The fourth-order valence-electron chi connectivity index (χ4n) is 1.86. The first-order valence-electron chi connectivity index (χ1n) is 6.68. The SMILES string of the molecule is CCC(NCc1csc(C(C)(C)C)n1)c1ncc[nH]1. The van der Waals surface area contributed by atoms with Gasteiger partial charge in [-0.3, -0.25) is 0 Å². The van der Waals surface area contributed by atoms with Gasteiger partial charge in [-0.15, -0.1) is 11.3 Å². The van der Waals surface area contributed by atoms with Gasteiger partial charge in [-0.25, -0.2) is 9.97 Å². The number of rotatable bonds is 5. The fourth-order valence-corrected chi connectivity index (χ4v) is 2.77. The van der Waals surface area contributed by atoms with Crippen molar-refractivity contribution < 1.29 is 0 Å². The Morgan fingerprint density at radius 1 is 1.42 bits per heavy atom. The van der Waals surface area contributed by atoms with Gasteiger partial charge in [0.2, 0.25) is 0 Å². The molecule has 1 atom stereocenters. The van der Waals surface area contributed by atoms with Gasteiger partial charge < -0.3 is 10.3 Å². The molecule has 1 unspecified atom stereocenters. The Bertz CT molecular complexity index is 496. The third-order valence-corrected chi connectivity index (χ3v) is 4.30. The highest BCUT2D eigenvalue weighted by molar-refractivity contribution is 7.09. The Morgan fingerprint density at radius 2 is 2.21 bits per heavy atom. The molecule has 2 N–H and O–H groups in total. The molecule has 5 heteroatoms. The predicted molar refractivity (Wildman–Crippen MR) is 79.3 cm³/mol. The molecule has 4 nitrogen and oxygen atoms in total. The number of thiazole rings is 1. The van der Waals surface area contributed by atoms with E-state index >= 15 is 0 Å². The van der Waals surface area contributed by atoms with E-state index in [0.29, 0.717) is 0 Å². The average Bonchev–Trinajstić information content (AvgIpc) is 2.99. The van der Waals surface area contributed by atoms with Gasteiger partial charge in [0, 0.05) is 29.7 Å². The minimum Gasteiger partial charge on any atom is -0.347 e. The quantitative estimate of drug-likeness (QED) is 0.881. The van der Waals surface area contributed by atoms with Crippen molar-refractivity contribution in [2.24, 2.45) is 0 Å². The van der Waals surface area contributed by atoms with E-state index in [0.717, 1.165) is 24.5 Å². The number of hydrogen-bond donors (Lipinski definition) is 2. The minimum absolute atomic E-state index is 0.133. The topological polar surface area (TPSA) is 53.6 Å². The molecule has 0 spiro atoms. The van der Waals surface area contributed by atoms with Crippen LogP contribution >= 0.6 is 11.3 Å². The molecule has 0 saturated carbocycles. The maximum atomic E-state index is 4.69. The largest absolute Gasteiger partial charge is 0.347 e. The number of nitrogens with zero attached hydrogens (tertiary/aromatic N) is 2. The molecule has 19 heavy (non-hydrogen) atoms. The molecule has 104 valence electrons. The summed E-state index contributed by atoms with van der Waals surface area (Å²) in [6.45, 7) is 9.52. The number of imidazole rings is 1. The molecule has 0 aliphatic rings. The summed E-state index contributed by atoms with van der Waals surface area (Å²) in [6.07, 6.45) is 4.66. The maximum absolute atomic E-state index is 4.69. The Balaban J connectivity index is 1.96. The molecular weight excluding hydrogens is 256 g/mol. The Morgan fingerprint density at radius 3 is 2.74 bits per heavy atom. The molecule has 0 radical (unpaired) electrons. The van der Waals surface area contributed by atoms with Crippen LogP contribution in [0.1, 0.15) is 56.7 Å². The molecule has 2 rings (SSSR count). The van der Waals surface area contributed by atoms with Gasteiger partial charge in [0.15, 0.2) is 0 Å². The van der Waals surface area contributed by atoms with Crippen molar-refractivity contribution in [1.29, 1.82) is 0 Å². The standard InChI is InChI=1S/C14H22N4S/c1-5-11(12-15-6-7-16-12)17-8-10-9-19-13(18-10)14(2,3)4/h6-7,9,11,17H,5,8H2,1-4H3,(H,15,16). The van der Waals surface area contributed by atoms with E-state index in [-0.39, 0.29) is 11.5 Å². The summed E-state index contributed by atoms with van der Waals surface area (Å²) in [6, 6.07) is 0.259. The van der Waals surface area contributed by atoms with Crippen LogP contribution < -0.4 is 5.32 Å². The van der Waals surface area contributed by atoms with Crippen LogP contribution in [0.4, 0.5) is 0 Å². The minimum atomic E-state index is 0.133. The van der Waals surface area contributed by atoms with Crippen LogP contribution in [0.2, 0.25) is 0 Å². The van der Waals surface area contributed by atoms with Gasteiger partial charge in [-0.05, 0) is 6.42 Å². The van der Waals surface area contributed by atoms with E-state index < -0.39 is 0 Å². The lowest BCUT2D eigenvalue weighted by Crippen LogP contribution is -2.21. The Kier molecular flexibility index (Phi) is 4.37. The van der Waals surface area contributed by atoms with Crippen LogP contribution in [0.25, 0.3) is 0 Å². The molecular formula is C14H22N4S. The van der Waals surface area contributed by atoms with Crippen molar-refractivity contribution >= 4 is 11.3 Å². The molecule has 0 bridgehead atoms. The van der Waals surface area contributed by atoms with E-state index in [1.165, 1.54) is 5.01 Å². The van der Waals surface area contributed by atoms with Gasteiger partial charge in [0.25, 0.3) is 0 Å². The fraction of sp³-hybridized carbons (Fsp3) is 0.571. The van der Waals surface area contributed by atoms with Crippen LogP contribution in [-0.4, -0.2) is 15.0 Å². The molecule has 2 aromatic heterocycles. The first kappa shape index (κ1) is 14.2. The van der Waals surface area contributed by atoms with Crippen LogP contribution in [0.5, 0.6) is 0 Å². The third-order valence-electron chi connectivity index (χ3n) is 2.98. The zero-order valence-electron chi connectivity index (χ0n) is 12.0. The van der Waals surface area contributed by atoms with Crippen molar-refractivity contribution in [3.05, 3.63) is 34.3 Å². The Hall–Kier alpha value is -1.20. The Labute approximate surface area is 118 Å². The smallest absolute Gasteiger partial charge is 0.123 e. The highest BCUT2D eigenvalue weighted by Crippen LogP contribution is 2.25. The van der Waals surface area contributed by atoms with E-state index in [9.17, 15) is 0 Å². The summed E-state index contributed by atoms with van der Waals surface area (Å²) in [4.78, 5) is 12.2. The lowest BCUT2D eigenvalue weighted by molar-refractivity contribution is 0.492. The lowest BCUT2D eigenvalue weighted by Gasteiger charge is -2.15. The molecule has 0 fully saturated rings. The normalized spacial score (nSPS) is 13.7. The highest BCUT2D eigenvalue weighted by Gasteiger charge is 2.18. The molecule has 0 aromatic carbocycles. The van der Waals surface area contributed by atoms with Crippen LogP contribution in [0, 0.1) is 0 Å². The van der Waals surface area contributed by atoms with Gasteiger partial charge >= 0.3 is 0 Å². The zero-order chi connectivity index (χ0) is 13.9. The van der Waals surface area contributed by atoms with E-state index in [4.69, 9.17) is 4.98 Å². The summed E-state index contributed by atoms with van der Waals surface area (Å²) >= 11 is 1.74. The van der Waals surface area contributed by atoms with Crippen molar-refractivity contribution in [3.63, 3.8) is 0 Å². The van der Waals surface area contributed by atoms with Crippen LogP contribution in [-0.2, 0) is 12.0 Å². The van der Waals surface area contributed by atoms with Crippen LogP contribution in [0.15, 0.2) is 17.8 Å². The first-order chi connectivity index (χ1) is 9.00. The summed E-state index contributed by atoms with van der Waals surface area (Å²) in [5.74, 6) is 0.994. The van der Waals surface area contributed by atoms with Gasteiger partial charge in [-0.2, -0.15) is 0 Å². The summed E-state index contributed by atoms with van der Waals surface area (Å²) in [5, 5.41) is 6.83. The first-order valence-corrected chi connectivity index (χ1v) is 7.56. The average molecular weight is 278 g/mol. The zero-order valence-corrected chi connectivity index (χ0v) is 12.8. The van der Waals surface area contributed by atoms with Crippen LogP contribution in [0.3, 0.4) is 0 Å². The second-order valence-electron chi connectivity index (χ2n) is 5.71. The number of hydrogen-bond acceptors (Lipinski definition) is 4. The maximum Gasteiger partial charge on any atom is 0.123 e. The second-order valence-corrected chi connectivity index (χ2v) is 6.57. The number of aromatic amines is 1. The van der Waals surface area contributed by atoms with Crippen molar-refractivity contribution in [2.45, 2.75) is 52.1 Å². The summed E-state index contributed by atoms with van der Waals surface area (Å²) < 4.78 is 0. The number of aromatic nitrogens is 3. The summed E-state index contributed by atoms with van der Waals surface area (Å²) in [5.41, 5.74) is 1.24. The van der Waals surface area contributed by atoms with Gasteiger partial charge in [-0.1, -0.05) is 27.7 Å². The third kappa shape index (κ3) is 3.64. The van der Waals surface area contributed by atoms with Crippen molar-refractivity contribution in [2.75, 3.05) is 0 Å². The molecule has 0 aliphatic heterocycles. The molecule has 2 aromatic rings. The molecule has 2 heterocycles. The van der Waals surface area contributed by atoms with E-state index in [2.05, 4.69) is 48.4 Å². The second kappa shape index (κ2) is 5.84. The number of H-pyrrole nitrogens is 1. The highest BCUT2D eigenvalue weighted by atomic mass is 32.1. The molecule has 0 aliphatic carbocycles. The van der Waals surface area contributed by atoms with Gasteiger partial charge in [0.1, 0.15) is 5.82 Å². The number of nitrogens with one attached hydrogen (secondary N) is 2. The van der Waals surface area contributed by atoms with E-state index in [1.807, 2.05) is 6.20 Å². The molecule has 0 amide bonds. The van der Waals surface area contributed by atoms with E-state index in [1.54, 1.807) is 17.5 Å². The monoisotopic (exact) mass is 278 g/mol.